The summed E-state index contributed by atoms with van der Waals surface area (Å²) < 4.78 is 24.2. The summed E-state index contributed by atoms with van der Waals surface area (Å²) in [7, 11) is 1.64. The third-order valence-corrected chi connectivity index (χ3v) is 6.19. The quantitative estimate of drug-likeness (QED) is 0.715. The van der Waals surface area contributed by atoms with Gasteiger partial charge in [0.05, 0.1) is 44.2 Å². The van der Waals surface area contributed by atoms with Crippen molar-refractivity contribution in [3.8, 4) is 5.75 Å². The lowest BCUT2D eigenvalue weighted by Gasteiger charge is -2.50. The van der Waals surface area contributed by atoms with E-state index in [1.165, 1.54) is 0 Å². The first-order valence-corrected chi connectivity index (χ1v) is 10.6. The standard InChI is InChI=1S/C23H34O6/c1-14-11-20-23(29-19(14)9-10-24)16(3)22(21(28-20)12-15(2)25)27-13-17-5-7-18(26-4)8-6-17/h5-8,14,16,19-24H,9-13H2,1-4H3/t14-,16-,19-,20?,21+,22-,23+/m1/s1. The van der Waals surface area contributed by atoms with E-state index in [-0.39, 0.29) is 48.8 Å². The summed E-state index contributed by atoms with van der Waals surface area (Å²) in [5.74, 6) is 1.30. The lowest BCUT2D eigenvalue weighted by Crippen LogP contribution is -2.59. The zero-order valence-corrected chi connectivity index (χ0v) is 17.9. The summed E-state index contributed by atoms with van der Waals surface area (Å²) in [6.45, 7) is 6.41. The monoisotopic (exact) mass is 406 g/mol. The molecule has 1 unspecified atom stereocenters. The maximum absolute atomic E-state index is 11.9. The number of hydrogen-bond donors (Lipinski definition) is 1. The van der Waals surface area contributed by atoms with Gasteiger partial charge >= 0.3 is 0 Å². The van der Waals surface area contributed by atoms with Crippen molar-refractivity contribution >= 4 is 5.78 Å². The third kappa shape index (κ3) is 5.37. The van der Waals surface area contributed by atoms with Crippen LogP contribution >= 0.6 is 0 Å². The van der Waals surface area contributed by atoms with Crippen LogP contribution in [0.3, 0.4) is 0 Å². The molecule has 0 spiro atoms. The second kappa shape index (κ2) is 10.0. The van der Waals surface area contributed by atoms with E-state index in [1.807, 2.05) is 24.3 Å². The summed E-state index contributed by atoms with van der Waals surface area (Å²) in [4.78, 5) is 11.9. The first-order valence-electron chi connectivity index (χ1n) is 10.6. The van der Waals surface area contributed by atoms with Crippen LogP contribution in [0.15, 0.2) is 24.3 Å². The number of Topliss-reactive ketones (excluding diaryl/α,β-unsaturated/α-hetero) is 1. The van der Waals surface area contributed by atoms with Crippen molar-refractivity contribution in [2.24, 2.45) is 11.8 Å². The smallest absolute Gasteiger partial charge is 0.132 e. The lowest BCUT2D eigenvalue weighted by molar-refractivity contribution is -0.264. The van der Waals surface area contributed by atoms with Gasteiger partial charge < -0.3 is 24.1 Å². The van der Waals surface area contributed by atoms with Gasteiger partial charge in [-0.3, -0.25) is 4.79 Å². The lowest BCUT2D eigenvalue weighted by atomic mass is 9.79. The molecule has 1 aromatic rings. The summed E-state index contributed by atoms with van der Waals surface area (Å²) in [6.07, 6.45) is 1.24. The molecule has 3 rings (SSSR count). The van der Waals surface area contributed by atoms with Gasteiger partial charge in [-0.2, -0.15) is 0 Å². The summed E-state index contributed by atoms with van der Waals surface area (Å²) in [5.41, 5.74) is 1.04. The molecule has 0 aromatic heterocycles. The molecule has 2 aliphatic heterocycles. The number of ketones is 1. The van der Waals surface area contributed by atoms with Crippen LogP contribution in [0.25, 0.3) is 0 Å². The zero-order chi connectivity index (χ0) is 21.0. The van der Waals surface area contributed by atoms with Crippen molar-refractivity contribution in [2.45, 2.75) is 77.2 Å². The van der Waals surface area contributed by atoms with Crippen LogP contribution < -0.4 is 4.74 Å². The predicted molar refractivity (Wildman–Crippen MR) is 109 cm³/mol. The van der Waals surface area contributed by atoms with E-state index >= 15 is 0 Å². The molecule has 7 atom stereocenters. The molecule has 2 saturated heterocycles. The van der Waals surface area contributed by atoms with Gasteiger partial charge in [-0.05, 0) is 43.4 Å². The Hall–Kier alpha value is -1.47. The average Bonchev–Trinajstić information content (AvgIpc) is 2.69. The zero-order valence-electron chi connectivity index (χ0n) is 17.9. The minimum Gasteiger partial charge on any atom is -0.497 e. The molecule has 1 aromatic carbocycles. The molecule has 1 N–H and O–H groups in total. The Labute approximate surface area is 173 Å². The Bertz CT molecular complexity index is 660. The molecule has 162 valence electrons. The first kappa shape index (κ1) is 22.2. The Morgan fingerprint density at radius 1 is 1.17 bits per heavy atom. The van der Waals surface area contributed by atoms with E-state index in [1.54, 1.807) is 14.0 Å². The van der Waals surface area contributed by atoms with Crippen molar-refractivity contribution in [1.29, 1.82) is 0 Å². The van der Waals surface area contributed by atoms with Crippen molar-refractivity contribution in [3.05, 3.63) is 29.8 Å². The Kier molecular flexibility index (Phi) is 7.68. The van der Waals surface area contributed by atoms with Crippen LogP contribution in [0.2, 0.25) is 0 Å². The fraction of sp³-hybridized carbons (Fsp3) is 0.696. The van der Waals surface area contributed by atoms with E-state index < -0.39 is 0 Å². The number of aliphatic hydroxyl groups excluding tert-OH is 1. The number of aliphatic hydroxyl groups is 1. The van der Waals surface area contributed by atoms with Crippen LogP contribution in [0, 0.1) is 11.8 Å². The Morgan fingerprint density at radius 3 is 2.52 bits per heavy atom. The average molecular weight is 407 g/mol. The van der Waals surface area contributed by atoms with E-state index in [9.17, 15) is 9.90 Å². The molecule has 2 fully saturated rings. The first-order chi connectivity index (χ1) is 13.9. The van der Waals surface area contributed by atoms with Crippen LogP contribution in [-0.4, -0.2) is 55.1 Å². The van der Waals surface area contributed by atoms with Gasteiger partial charge in [-0.15, -0.1) is 0 Å². The maximum atomic E-state index is 11.9. The van der Waals surface area contributed by atoms with Gasteiger partial charge in [0.1, 0.15) is 11.5 Å². The van der Waals surface area contributed by atoms with Gasteiger partial charge in [-0.25, -0.2) is 0 Å². The van der Waals surface area contributed by atoms with Crippen LogP contribution in [0.1, 0.15) is 45.6 Å². The molecule has 6 heteroatoms. The van der Waals surface area contributed by atoms with Gasteiger partial charge in [-0.1, -0.05) is 26.0 Å². The normalized spacial score (nSPS) is 34.4. The van der Waals surface area contributed by atoms with Crippen LogP contribution in [-0.2, 0) is 25.6 Å². The number of carbonyl (C=O) groups is 1. The molecular formula is C23H34O6. The second-order valence-electron chi connectivity index (χ2n) is 8.47. The fourth-order valence-corrected chi connectivity index (χ4v) is 4.60. The molecule has 29 heavy (non-hydrogen) atoms. The molecule has 2 heterocycles. The highest BCUT2D eigenvalue weighted by atomic mass is 16.6. The predicted octanol–water partition coefficient (Wildman–Crippen LogP) is 3.14. The number of carbonyl (C=O) groups excluding carboxylic acids is 1. The SMILES string of the molecule is COc1ccc(CO[C@@H]2[C@@H](C)[C@@H]3O[C@H](CCO)[C@H](C)CC3O[C@H]2CC(C)=O)cc1. The van der Waals surface area contributed by atoms with E-state index in [2.05, 4.69) is 13.8 Å². The summed E-state index contributed by atoms with van der Waals surface area (Å²) in [5, 5.41) is 9.36. The third-order valence-electron chi connectivity index (χ3n) is 6.19. The van der Waals surface area contributed by atoms with Crippen molar-refractivity contribution in [1.82, 2.24) is 0 Å². The maximum Gasteiger partial charge on any atom is 0.132 e. The fourth-order valence-electron chi connectivity index (χ4n) is 4.60. The van der Waals surface area contributed by atoms with Gasteiger partial charge in [0.25, 0.3) is 0 Å². The number of hydrogen-bond acceptors (Lipinski definition) is 6. The van der Waals surface area contributed by atoms with Crippen molar-refractivity contribution < 1.29 is 28.8 Å². The van der Waals surface area contributed by atoms with Crippen LogP contribution in [0.4, 0.5) is 0 Å². The molecule has 0 amide bonds. The molecule has 0 bridgehead atoms. The second-order valence-corrected chi connectivity index (χ2v) is 8.47. The highest BCUT2D eigenvalue weighted by Gasteiger charge is 2.49. The Balaban J connectivity index is 1.72. The van der Waals surface area contributed by atoms with Crippen molar-refractivity contribution in [3.63, 3.8) is 0 Å². The van der Waals surface area contributed by atoms with Crippen LogP contribution in [0.5, 0.6) is 5.75 Å². The van der Waals surface area contributed by atoms with E-state index in [0.717, 1.165) is 17.7 Å². The largest absolute Gasteiger partial charge is 0.497 e. The van der Waals surface area contributed by atoms with Gasteiger partial charge in [0, 0.05) is 18.9 Å². The summed E-state index contributed by atoms with van der Waals surface area (Å²) >= 11 is 0. The van der Waals surface area contributed by atoms with Crippen molar-refractivity contribution in [2.75, 3.05) is 13.7 Å². The highest BCUT2D eigenvalue weighted by molar-refractivity contribution is 5.76. The molecule has 0 radical (unpaired) electrons. The minimum absolute atomic E-state index is 0.0268. The number of rotatable bonds is 8. The summed E-state index contributed by atoms with van der Waals surface area (Å²) in [6, 6.07) is 7.78. The minimum atomic E-state index is -0.271. The topological polar surface area (TPSA) is 74.2 Å². The molecule has 0 aliphatic carbocycles. The van der Waals surface area contributed by atoms with E-state index in [0.29, 0.717) is 25.4 Å². The van der Waals surface area contributed by atoms with E-state index in [4.69, 9.17) is 18.9 Å². The number of ether oxygens (including phenoxy) is 4. The number of benzene rings is 1. The molecular weight excluding hydrogens is 372 g/mol. The Morgan fingerprint density at radius 2 is 1.90 bits per heavy atom. The van der Waals surface area contributed by atoms with Gasteiger partial charge in [0.15, 0.2) is 0 Å². The molecule has 0 saturated carbocycles. The molecule has 6 nitrogen and oxygen atoms in total. The van der Waals surface area contributed by atoms with Gasteiger partial charge in [0.2, 0.25) is 0 Å². The highest BCUT2D eigenvalue weighted by Crippen LogP contribution is 2.40. The molecule has 2 aliphatic rings. The number of fused-ring (bicyclic) bond motifs is 1. The number of methoxy groups -OCH3 is 1.